The highest BCUT2D eigenvalue weighted by atomic mass is 16.3. The topological polar surface area (TPSA) is 87.8 Å². The van der Waals surface area contributed by atoms with Gasteiger partial charge in [-0.1, -0.05) is 30.3 Å². The zero-order valence-corrected chi connectivity index (χ0v) is 10.0. The van der Waals surface area contributed by atoms with Crippen molar-refractivity contribution in [3.05, 3.63) is 48.5 Å². The Labute approximate surface area is 109 Å². The maximum Gasteiger partial charge on any atom is 0.181 e. The van der Waals surface area contributed by atoms with E-state index in [1.54, 1.807) is 12.1 Å². The predicted octanol–water partition coefficient (Wildman–Crippen LogP) is 2.43. The van der Waals surface area contributed by atoms with Crippen LogP contribution in [-0.4, -0.2) is 20.3 Å². The Morgan fingerprint density at radius 2 is 1.79 bits per heavy atom. The van der Waals surface area contributed by atoms with Gasteiger partial charge in [0.1, 0.15) is 5.75 Å². The summed E-state index contributed by atoms with van der Waals surface area (Å²) in [7, 11) is 0. The van der Waals surface area contributed by atoms with Gasteiger partial charge in [-0.25, -0.2) is 4.98 Å². The van der Waals surface area contributed by atoms with Crippen LogP contribution < -0.4 is 5.73 Å². The van der Waals surface area contributed by atoms with E-state index >= 15 is 0 Å². The third-order valence-electron chi connectivity index (χ3n) is 2.82. The summed E-state index contributed by atoms with van der Waals surface area (Å²) in [5, 5.41) is 16.5. The zero-order chi connectivity index (χ0) is 13.2. The van der Waals surface area contributed by atoms with Crippen LogP contribution >= 0.6 is 0 Å². The molecule has 4 N–H and O–H groups in total. The normalized spacial score (nSPS) is 10.5. The van der Waals surface area contributed by atoms with E-state index in [2.05, 4.69) is 15.2 Å². The number of hydrogen-bond acceptors (Lipinski definition) is 4. The number of aromatic nitrogens is 3. The number of nitrogens with one attached hydrogen (secondary N) is 1. The SMILES string of the molecule is Nc1cc(-c2n[nH]c(-c3ccccc3)n2)ccc1O. The van der Waals surface area contributed by atoms with Crippen LogP contribution in [0.3, 0.4) is 0 Å². The minimum atomic E-state index is 0.0579. The maximum atomic E-state index is 9.40. The van der Waals surface area contributed by atoms with Crippen molar-refractivity contribution in [2.24, 2.45) is 0 Å². The Hall–Kier alpha value is -2.82. The van der Waals surface area contributed by atoms with Gasteiger partial charge in [-0.2, -0.15) is 5.10 Å². The van der Waals surface area contributed by atoms with Crippen LogP contribution in [0.15, 0.2) is 48.5 Å². The molecule has 5 heteroatoms. The summed E-state index contributed by atoms with van der Waals surface area (Å²) >= 11 is 0. The fourth-order valence-electron chi connectivity index (χ4n) is 1.81. The van der Waals surface area contributed by atoms with Gasteiger partial charge in [0.2, 0.25) is 0 Å². The summed E-state index contributed by atoms with van der Waals surface area (Å²) in [6, 6.07) is 14.6. The molecule has 3 rings (SSSR count). The van der Waals surface area contributed by atoms with Gasteiger partial charge in [0.25, 0.3) is 0 Å². The molecule has 94 valence electrons. The molecular formula is C14H12N4O. The number of H-pyrrole nitrogens is 1. The number of aromatic hydroxyl groups is 1. The average Bonchev–Trinajstić information content (AvgIpc) is 2.93. The Balaban J connectivity index is 1.99. The van der Waals surface area contributed by atoms with Crippen LogP contribution in [0, 0.1) is 0 Å². The second kappa shape index (κ2) is 4.45. The number of hydrogen-bond donors (Lipinski definition) is 3. The second-order valence-corrected chi connectivity index (χ2v) is 4.15. The molecule has 0 fully saturated rings. The molecule has 0 saturated carbocycles. The lowest BCUT2D eigenvalue weighted by molar-refractivity contribution is 0.478. The number of benzene rings is 2. The smallest absolute Gasteiger partial charge is 0.181 e. The molecule has 0 aliphatic heterocycles. The molecule has 1 heterocycles. The first-order valence-corrected chi connectivity index (χ1v) is 5.81. The molecule has 0 spiro atoms. The molecular weight excluding hydrogens is 240 g/mol. The minimum Gasteiger partial charge on any atom is -0.506 e. The molecule has 2 aromatic carbocycles. The van der Waals surface area contributed by atoms with Gasteiger partial charge in [0.15, 0.2) is 11.6 Å². The predicted molar refractivity (Wildman–Crippen MR) is 73.3 cm³/mol. The van der Waals surface area contributed by atoms with Crippen LogP contribution in [0.1, 0.15) is 0 Å². The highest BCUT2D eigenvalue weighted by Crippen LogP contribution is 2.26. The molecule has 0 bridgehead atoms. The summed E-state index contributed by atoms with van der Waals surface area (Å²) < 4.78 is 0. The Bertz CT molecular complexity index is 706. The van der Waals surface area contributed by atoms with Gasteiger partial charge in [-0.05, 0) is 18.2 Å². The van der Waals surface area contributed by atoms with E-state index in [4.69, 9.17) is 5.73 Å². The molecule has 0 saturated heterocycles. The van der Waals surface area contributed by atoms with Crippen LogP contribution in [0.4, 0.5) is 5.69 Å². The van der Waals surface area contributed by atoms with Crippen LogP contribution in [0.25, 0.3) is 22.8 Å². The third-order valence-corrected chi connectivity index (χ3v) is 2.82. The van der Waals surface area contributed by atoms with E-state index in [1.807, 2.05) is 30.3 Å². The summed E-state index contributed by atoms with van der Waals surface area (Å²) in [4.78, 5) is 4.42. The molecule has 0 unspecified atom stereocenters. The molecule has 3 aromatic rings. The van der Waals surface area contributed by atoms with Crippen molar-refractivity contribution >= 4 is 5.69 Å². The monoisotopic (exact) mass is 252 g/mol. The van der Waals surface area contributed by atoms with E-state index in [-0.39, 0.29) is 5.75 Å². The highest BCUT2D eigenvalue weighted by molar-refractivity contribution is 5.67. The fraction of sp³-hybridized carbons (Fsp3) is 0. The van der Waals surface area contributed by atoms with Crippen molar-refractivity contribution in [2.75, 3.05) is 5.73 Å². The van der Waals surface area contributed by atoms with Gasteiger partial charge in [-0.15, -0.1) is 0 Å². The first-order valence-electron chi connectivity index (χ1n) is 5.81. The molecule has 0 amide bonds. The number of anilines is 1. The van der Waals surface area contributed by atoms with Crippen molar-refractivity contribution in [1.29, 1.82) is 0 Å². The van der Waals surface area contributed by atoms with E-state index in [1.165, 1.54) is 6.07 Å². The zero-order valence-electron chi connectivity index (χ0n) is 10.0. The lowest BCUT2D eigenvalue weighted by Crippen LogP contribution is -1.88. The standard InChI is InChI=1S/C14H12N4O/c15-11-8-10(6-7-12(11)19)14-16-13(17-18-14)9-4-2-1-3-5-9/h1-8,19H,15H2,(H,16,17,18). The largest absolute Gasteiger partial charge is 0.506 e. The summed E-state index contributed by atoms with van der Waals surface area (Å²) in [5.41, 5.74) is 7.69. The number of aromatic amines is 1. The quantitative estimate of drug-likeness (QED) is 0.483. The van der Waals surface area contributed by atoms with E-state index in [0.29, 0.717) is 17.3 Å². The Morgan fingerprint density at radius 1 is 1.00 bits per heavy atom. The summed E-state index contributed by atoms with van der Waals surface area (Å²) in [5.74, 6) is 1.30. The van der Waals surface area contributed by atoms with Crippen LogP contribution in [-0.2, 0) is 0 Å². The number of nitrogen functional groups attached to an aromatic ring is 1. The van der Waals surface area contributed by atoms with Crippen molar-refractivity contribution in [3.63, 3.8) is 0 Å². The number of phenolic OH excluding ortho intramolecular Hbond substituents is 1. The molecule has 0 aliphatic carbocycles. The number of rotatable bonds is 2. The first kappa shape index (κ1) is 11.3. The molecule has 1 aromatic heterocycles. The summed E-state index contributed by atoms with van der Waals surface area (Å²) in [6.07, 6.45) is 0. The highest BCUT2D eigenvalue weighted by Gasteiger charge is 2.08. The lowest BCUT2D eigenvalue weighted by atomic mass is 10.2. The molecule has 0 atom stereocenters. The minimum absolute atomic E-state index is 0.0579. The van der Waals surface area contributed by atoms with E-state index in [9.17, 15) is 5.11 Å². The molecule has 19 heavy (non-hydrogen) atoms. The van der Waals surface area contributed by atoms with Gasteiger partial charge in [0.05, 0.1) is 5.69 Å². The maximum absolute atomic E-state index is 9.40. The fourth-order valence-corrected chi connectivity index (χ4v) is 1.81. The van der Waals surface area contributed by atoms with Gasteiger partial charge in [0, 0.05) is 11.1 Å². The Morgan fingerprint density at radius 3 is 2.53 bits per heavy atom. The van der Waals surface area contributed by atoms with Crippen molar-refractivity contribution < 1.29 is 5.11 Å². The van der Waals surface area contributed by atoms with Crippen LogP contribution in [0.5, 0.6) is 5.75 Å². The summed E-state index contributed by atoms with van der Waals surface area (Å²) in [6.45, 7) is 0. The van der Waals surface area contributed by atoms with E-state index < -0.39 is 0 Å². The third kappa shape index (κ3) is 2.13. The van der Waals surface area contributed by atoms with Crippen molar-refractivity contribution in [1.82, 2.24) is 15.2 Å². The number of nitrogens with two attached hydrogens (primary N) is 1. The Kier molecular flexibility index (Phi) is 2.64. The lowest BCUT2D eigenvalue weighted by Gasteiger charge is -2.00. The van der Waals surface area contributed by atoms with Gasteiger partial charge < -0.3 is 10.8 Å². The van der Waals surface area contributed by atoms with E-state index in [0.717, 1.165) is 11.1 Å². The van der Waals surface area contributed by atoms with Crippen LogP contribution in [0.2, 0.25) is 0 Å². The van der Waals surface area contributed by atoms with Gasteiger partial charge in [-0.3, -0.25) is 5.10 Å². The van der Waals surface area contributed by atoms with Crippen molar-refractivity contribution in [3.8, 4) is 28.5 Å². The van der Waals surface area contributed by atoms with Crippen molar-refractivity contribution in [2.45, 2.75) is 0 Å². The molecule has 0 aliphatic rings. The average molecular weight is 252 g/mol. The molecule has 0 radical (unpaired) electrons. The molecule has 5 nitrogen and oxygen atoms in total. The number of nitrogens with zero attached hydrogens (tertiary/aromatic N) is 2. The number of phenols is 1. The first-order chi connectivity index (χ1) is 9.24. The van der Waals surface area contributed by atoms with Gasteiger partial charge >= 0.3 is 0 Å². The second-order valence-electron chi connectivity index (χ2n) is 4.15.